The van der Waals surface area contributed by atoms with E-state index in [0.29, 0.717) is 33.3 Å². The highest BCUT2D eigenvalue weighted by atomic mass is 35.5. The molecule has 0 saturated heterocycles. The van der Waals surface area contributed by atoms with Crippen LogP contribution >= 0.6 is 11.6 Å². The third-order valence-electron chi connectivity index (χ3n) is 4.63. The van der Waals surface area contributed by atoms with E-state index < -0.39 is 22.9 Å². The number of benzene rings is 2. The molecule has 2 aromatic carbocycles. The number of carboxylic acid groups (broad SMARTS) is 1. The van der Waals surface area contributed by atoms with Crippen LogP contribution in [0.1, 0.15) is 28.9 Å². The lowest BCUT2D eigenvalue weighted by Gasteiger charge is -2.10. The fraction of sp³-hybridized carbons (Fsp3) is 0.190. The zero-order chi connectivity index (χ0) is 22.5. The molecule has 1 heterocycles. The summed E-state index contributed by atoms with van der Waals surface area (Å²) in [5.74, 6) is -1.33. The average molecular weight is 461 g/mol. The van der Waals surface area contributed by atoms with Gasteiger partial charge in [-0.3, -0.25) is 9.59 Å². The number of aliphatic carboxylic acids is 1. The second-order valence-corrected chi connectivity index (χ2v) is 8.23. The maximum absolute atomic E-state index is 12.7. The maximum Gasteiger partial charge on any atom is 0.303 e. The molecular formula is C21H21ClN4O4S. The van der Waals surface area contributed by atoms with E-state index in [4.69, 9.17) is 21.8 Å². The Morgan fingerprint density at radius 2 is 1.87 bits per heavy atom. The van der Waals surface area contributed by atoms with Gasteiger partial charge in [-0.2, -0.15) is 5.10 Å². The molecule has 1 atom stereocenters. The molecule has 0 fully saturated rings. The van der Waals surface area contributed by atoms with Crippen molar-refractivity contribution < 1.29 is 18.9 Å². The van der Waals surface area contributed by atoms with Gasteiger partial charge in [0.05, 0.1) is 21.3 Å². The van der Waals surface area contributed by atoms with E-state index in [-0.39, 0.29) is 18.7 Å². The summed E-state index contributed by atoms with van der Waals surface area (Å²) in [7, 11) is -1.60. The van der Waals surface area contributed by atoms with Gasteiger partial charge in [-0.05, 0) is 37.6 Å². The van der Waals surface area contributed by atoms with Gasteiger partial charge in [0.25, 0.3) is 5.91 Å². The number of nitrogens with two attached hydrogens (primary N) is 1. The van der Waals surface area contributed by atoms with Crippen molar-refractivity contribution in [1.82, 2.24) is 15.1 Å². The average Bonchev–Trinajstić information content (AvgIpc) is 3.08. The minimum Gasteiger partial charge on any atom is -0.481 e. The van der Waals surface area contributed by atoms with Crippen molar-refractivity contribution in [2.45, 2.75) is 24.7 Å². The molecule has 8 nitrogen and oxygen atoms in total. The molecule has 31 heavy (non-hydrogen) atoms. The maximum atomic E-state index is 12.7. The lowest BCUT2D eigenvalue weighted by atomic mass is 10.1. The predicted molar refractivity (Wildman–Crippen MR) is 119 cm³/mol. The number of amides is 1. The van der Waals surface area contributed by atoms with Gasteiger partial charge in [-0.15, -0.1) is 0 Å². The number of aromatic nitrogens is 2. The Hall–Kier alpha value is -3.01. The van der Waals surface area contributed by atoms with E-state index in [9.17, 15) is 13.8 Å². The summed E-state index contributed by atoms with van der Waals surface area (Å²) >= 11 is 6.38. The van der Waals surface area contributed by atoms with Crippen LogP contribution in [-0.4, -0.2) is 37.5 Å². The molecule has 0 spiro atoms. The fourth-order valence-electron chi connectivity index (χ4n) is 3.12. The minimum atomic E-state index is -1.60. The molecule has 0 saturated carbocycles. The number of hydrogen-bond acceptors (Lipinski definition) is 4. The number of halogens is 1. The predicted octanol–water partition coefficient (Wildman–Crippen LogP) is 3.08. The number of carboxylic acids is 1. The number of rotatable bonds is 8. The highest BCUT2D eigenvalue weighted by Gasteiger charge is 2.23. The molecule has 162 valence electrons. The van der Waals surface area contributed by atoms with Crippen LogP contribution in [0.3, 0.4) is 0 Å². The van der Waals surface area contributed by atoms with Crippen molar-refractivity contribution >= 4 is 34.5 Å². The smallest absolute Gasteiger partial charge is 0.303 e. The van der Waals surface area contributed by atoms with Gasteiger partial charge in [0.15, 0.2) is 5.69 Å². The van der Waals surface area contributed by atoms with Gasteiger partial charge in [-0.25, -0.2) is 14.0 Å². The van der Waals surface area contributed by atoms with Gasteiger partial charge in [0.2, 0.25) is 0 Å². The van der Waals surface area contributed by atoms with Crippen molar-refractivity contribution in [3.05, 3.63) is 64.8 Å². The third kappa shape index (κ3) is 5.19. The SMILES string of the molecule is Cc1c(C(=O)NCCCC(=O)O)nn(-c2ccccc2Cl)c1-c1ccc(S(N)=O)cc1. The lowest BCUT2D eigenvalue weighted by molar-refractivity contribution is -0.137. The van der Waals surface area contributed by atoms with E-state index >= 15 is 0 Å². The van der Waals surface area contributed by atoms with Crippen molar-refractivity contribution in [2.75, 3.05) is 6.54 Å². The number of carbonyl (C=O) groups excluding carboxylic acids is 1. The topological polar surface area (TPSA) is 127 Å². The van der Waals surface area contributed by atoms with Crippen LogP contribution in [0.5, 0.6) is 0 Å². The van der Waals surface area contributed by atoms with Crippen molar-refractivity contribution in [3.8, 4) is 16.9 Å². The Morgan fingerprint density at radius 1 is 1.19 bits per heavy atom. The Bertz CT molecular complexity index is 1140. The molecule has 1 amide bonds. The van der Waals surface area contributed by atoms with Gasteiger partial charge >= 0.3 is 5.97 Å². The Morgan fingerprint density at radius 3 is 2.48 bits per heavy atom. The summed E-state index contributed by atoms with van der Waals surface area (Å²) in [4.78, 5) is 23.9. The largest absolute Gasteiger partial charge is 0.481 e. The molecule has 0 aliphatic carbocycles. The number of hydrogen-bond donors (Lipinski definition) is 3. The summed E-state index contributed by atoms with van der Waals surface area (Å²) in [6.07, 6.45) is 0.281. The van der Waals surface area contributed by atoms with Crippen LogP contribution in [0, 0.1) is 6.92 Å². The minimum absolute atomic E-state index is 0.0343. The monoisotopic (exact) mass is 460 g/mol. The standard InChI is InChI=1S/C21H21ClN4O4S/c1-13-19(21(29)24-12-4-7-18(27)28)25-26(17-6-3-2-5-16(17)22)20(13)14-8-10-15(11-9-14)31(23)30/h2-3,5-6,8-11H,4,7,12,23H2,1H3,(H,24,29)(H,27,28). The molecule has 3 rings (SSSR count). The van der Waals surface area contributed by atoms with Crippen LogP contribution in [0.4, 0.5) is 0 Å². The van der Waals surface area contributed by atoms with Crippen molar-refractivity contribution in [3.63, 3.8) is 0 Å². The van der Waals surface area contributed by atoms with Crippen LogP contribution in [0.15, 0.2) is 53.4 Å². The molecular weight excluding hydrogens is 440 g/mol. The van der Waals surface area contributed by atoms with E-state index in [1.54, 1.807) is 54.1 Å². The van der Waals surface area contributed by atoms with Crippen LogP contribution in [-0.2, 0) is 15.8 Å². The van der Waals surface area contributed by atoms with E-state index in [1.165, 1.54) is 0 Å². The van der Waals surface area contributed by atoms with Gasteiger partial charge in [0.1, 0.15) is 11.0 Å². The van der Waals surface area contributed by atoms with Crippen LogP contribution in [0.25, 0.3) is 16.9 Å². The second-order valence-electron chi connectivity index (χ2n) is 6.76. The highest BCUT2D eigenvalue weighted by Crippen LogP contribution is 2.31. The molecule has 4 N–H and O–H groups in total. The molecule has 10 heteroatoms. The normalized spacial score (nSPS) is 11.8. The summed E-state index contributed by atoms with van der Waals surface area (Å²) in [6, 6.07) is 13.9. The number of carbonyl (C=O) groups is 2. The fourth-order valence-corrected chi connectivity index (χ4v) is 3.74. The van der Waals surface area contributed by atoms with Crippen molar-refractivity contribution in [2.24, 2.45) is 5.14 Å². The van der Waals surface area contributed by atoms with E-state index in [0.717, 1.165) is 5.56 Å². The number of para-hydroxylation sites is 1. The zero-order valence-electron chi connectivity index (χ0n) is 16.7. The first kappa shape index (κ1) is 22.7. The molecule has 0 aliphatic heterocycles. The zero-order valence-corrected chi connectivity index (χ0v) is 18.2. The second kappa shape index (κ2) is 9.86. The van der Waals surface area contributed by atoms with Crippen LogP contribution in [0.2, 0.25) is 5.02 Å². The molecule has 3 aromatic rings. The molecule has 1 unspecified atom stereocenters. The summed E-state index contributed by atoms with van der Waals surface area (Å²) in [6.45, 7) is 1.99. The van der Waals surface area contributed by atoms with Gasteiger partial charge in [-0.1, -0.05) is 35.9 Å². The highest BCUT2D eigenvalue weighted by molar-refractivity contribution is 7.82. The summed E-state index contributed by atoms with van der Waals surface area (Å²) < 4.78 is 13.1. The first-order valence-electron chi connectivity index (χ1n) is 9.40. The molecule has 0 aliphatic rings. The third-order valence-corrected chi connectivity index (χ3v) is 5.69. The van der Waals surface area contributed by atoms with E-state index in [1.807, 2.05) is 6.07 Å². The summed E-state index contributed by atoms with van der Waals surface area (Å²) in [5, 5.41) is 21.9. The molecule has 0 radical (unpaired) electrons. The first-order chi connectivity index (χ1) is 14.8. The summed E-state index contributed by atoms with van der Waals surface area (Å²) in [5.41, 5.74) is 2.81. The molecule has 1 aromatic heterocycles. The first-order valence-corrected chi connectivity index (χ1v) is 11.0. The van der Waals surface area contributed by atoms with E-state index in [2.05, 4.69) is 10.4 Å². The Balaban J connectivity index is 2.03. The molecule has 0 bridgehead atoms. The van der Waals surface area contributed by atoms with Gasteiger partial charge in [0, 0.05) is 24.1 Å². The van der Waals surface area contributed by atoms with Gasteiger partial charge < -0.3 is 10.4 Å². The van der Waals surface area contributed by atoms with Crippen molar-refractivity contribution in [1.29, 1.82) is 0 Å². The Labute approximate surface area is 186 Å². The number of nitrogens with zero attached hydrogens (tertiary/aromatic N) is 2. The lowest BCUT2D eigenvalue weighted by Crippen LogP contribution is -2.26. The Kier molecular flexibility index (Phi) is 7.21. The number of nitrogens with one attached hydrogen (secondary N) is 1. The van der Waals surface area contributed by atoms with Crippen LogP contribution < -0.4 is 10.5 Å². The quantitative estimate of drug-likeness (QED) is 0.445.